The summed E-state index contributed by atoms with van der Waals surface area (Å²) in [6, 6.07) is 8.30. The smallest absolute Gasteiger partial charge is 0.0930 e. The van der Waals surface area contributed by atoms with Crippen LogP contribution >= 0.6 is 0 Å². The van der Waals surface area contributed by atoms with E-state index in [-0.39, 0.29) is 11.6 Å². The molecule has 3 heteroatoms. The van der Waals surface area contributed by atoms with E-state index < -0.39 is 0 Å². The first-order valence-electron chi connectivity index (χ1n) is 5.82. The third kappa shape index (κ3) is 1.47. The fraction of sp³-hybridized carbons (Fsp3) is 0.462. The van der Waals surface area contributed by atoms with Crippen molar-refractivity contribution in [2.75, 3.05) is 13.1 Å². The van der Waals surface area contributed by atoms with Crippen LogP contribution in [-0.4, -0.2) is 36.1 Å². The van der Waals surface area contributed by atoms with Gasteiger partial charge in [-0.05, 0) is 24.1 Å². The van der Waals surface area contributed by atoms with Gasteiger partial charge in [0.2, 0.25) is 0 Å². The maximum atomic E-state index is 10.1. The average molecular weight is 216 g/mol. The fourth-order valence-corrected chi connectivity index (χ4v) is 2.65. The summed E-state index contributed by atoms with van der Waals surface area (Å²) in [5.74, 6) is 0. The Morgan fingerprint density at radius 1 is 1.38 bits per heavy atom. The topological polar surface area (TPSA) is 44.6 Å². The zero-order valence-corrected chi connectivity index (χ0v) is 9.19. The summed E-state index contributed by atoms with van der Waals surface area (Å²) >= 11 is 0. The molecule has 2 atom stereocenters. The Kier molecular flexibility index (Phi) is 2.30. The molecule has 1 saturated heterocycles. The van der Waals surface area contributed by atoms with Gasteiger partial charge in [-0.15, -0.1) is 0 Å². The van der Waals surface area contributed by atoms with Crippen LogP contribution in [0.2, 0.25) is 0 Å². The highest BCUT2D eigenvalue weighted by Gasteiger charge is 2.41. The van der Waals surface area contributed by atoms with E-state index in [0.717, 1.165) is 19.4 Å². The first kappa shape index (κ1) is 10.00. The van der Waals surface area contributed by atoms with Crippen LogP contribution in [-0.2, 0) is 6.42 Å². The van der Waals surface area contributed by atoms with E-state index in [1.807, 2.05) is 12.3 Å². The standard InChI is InChI=1S/C13H16N2O/c16-12-9-14-6-5-13(12)7-10-3-1-2-4-11(10)8-15-13/h1-4,8,12,14,16H,5-7,9H2. The second kappa shape index (κ2) is 3.68. The second-order valence-corrected chi connectivity index (χ2v) is 4.71. The van der Waals surface area contributed by atoms with Gasteiger partial charge in [-0.25, -0.2) is 0 Å². The van der Waals surface area contributed by atoms with Crippen molar-refractivity contribution in [3.8, 4) is 0 Å². The lowest BCUT2D eigenvalue weighted by atomic mass is 9.78. The summed E-state index contributed by atoms with van der Waals surface area (Å²) in [7, 11) is 0. The summed E-state index contributed by atoms with van der Waals surface area (Å²) < 4.78 is 0. The summed E-state index contributed by atoms with van der Waals surface area (Å²) in [5.41, 5.74) is 2.22. The van der Waals surface area contributed by atoms with Gasteiger partial charge in [-0.3, -0.25) is 4.99 Å². The Balaban J connectivity index is 1.97. The molecule has 0 amide bonds. The van der Waals surface area contributed by atoms with Gasteiger partial charge in [0.15, 0.2) is 0 Å². The molecule has 2 unspecified atom stereocenters. The first-order valence-corrected chi connectivity index (χ1v) is 5.82. The molecule has 0 radical (unpaired) electrons. The van der Waals surface area contributed by atoms with E-state index in [1.165, 1.54) is 11.1 Å². The fourth-order valence-electron chi connectivity index (χ4n) is 2.65. The lowest BCUT2D eigenvalue weighted by Gasteiger charge is -2.40. The lowest BCUT2D eigenvalue weighted by Crippen LogP contribution is -2.55. The van der Waals surface area contributed by atoms with Gasteiger partial charge in [-0.1, -0.05) is 24.3 Å². The molecule has 16 heavy (non-hydrogen) atoms. The molecule has 3 nitrogen and oxygen atoms in total. The Morgan fingerprint density at radius 2 is 2.25 bits per heavy atom. The Hall–Kier alpha value is -1.19. The van der Waals surface area contributed by atoms with E-state index >= 15 is 0 Å². The number of hydrogen-bond acceptors (Lipinski definition) is 3. The van der Waals surface area contributed by atoms with Gasteiger partial charge >= 0.3 is 0 Å². The Bertz CT molecular complexity index is 430. The maximum absolute atomic E-state index is 10.1. The van der Waals surface area contributed by atoms with Crippen molar-refractivity contribution in [3.63, 3.8) is 0 Å². The summed E-state index contributed by atoms with van der Waals surface area (Å²) in [6.45, 7) is 1.59. The van der Waals surface area contributed by atoms with Crippen LogP contribution in [0, 0.1) is 0 Å². The van der Waals surface area contributed by atoms with E-state index in [4.69, 9.17) is 0 Å². The number of aliphatic hydroxyl groups is 1. The first-order chi connectivity index (χ1) is 7.80. The number of nitrogens with one attached hydrogen (secondary N) is 1. The molecule has 1 aromatic rings. The van der Waals surface area contributed by atoms with Gasteiger partial charge in [0.1, 0.15) is 0 Å². The highest BCUT2D eigenvalue weighted by Crippen LogP contribution is 2.32. The zero-order chi connectivity index (χ0) is 11.0. The minimum Gasteiger partial charge on any atom is -0.389 e. The minimum atomic E-state index is -0.370. The monoisotopic (exact) mass is 216 g/mol. The molecule has 0 bridgehead atoms. The molecular formula is C13H16N2O. The lowest BCUT2D eigenvalue weighted by molar-refractivity contribution is 0.0594. The van der Waals surface area contributed by atoms with Gasteiger partial charge in [0, 0.05) is 19.2 Å². The molecule has 3 rings (SSSR count). The molecule has 84 valence electrons. The normalized spacial score (nSPS) is 32.7. The van der Waals surface area contributed by atoms with Crippen molar-refractivity contribution < 1.29 is 5.11 Å². The minimum absolute atomic E-state index is 0.278. The number of benzene rings is 1. The summed E-state index contributed by atoms with van der Waals surface area (Å²) in [5, 5.41) is 13.3. The van der Waals surface area contributed by atoms with Gasteiger partial charge in [0.05, 0.1) is 11.6 Å². The quantitative estimate of drug-likeness (QED) is 0.672. The molecule has 1 spiro atoms. The third-order valence-electron chi connectivity index (χ3n) is 3.71. The highest BCUT2D eigenvalue weighted by molar-refractivity contribution is 5.83. The molecule has 0 saturated carbocycles. The van der Waals surface area contributed by atoms with Crippen molar-refractivity contribution in [1.82, 2.24) is 5.32 Å². The van der Waals surface area contributed by atoms with Crippen molar-refractivity contribution in [2.24, 2.45) is 4.99 Å². The van der Waals surface area contributed by atoms with Crippen LogP contribution in [0.5, 0.6) is 0 Å². The number of aliphatic imine (C=N–C) groups is 1. The van der Waals surface area contributed by atoms with Crippen LogP contribution in [0.1, 0.15) is 17.5 Å². The average Bonchev–Trinajstić information content (AvgIpc) is 2.33. The van der Waals surface area contributed by atoms with Crippen LogP contribution in [0.25, 0.3) is 0 Å². The number of piperidine rings is 1. The SMILES string of the molecule is OC1CNCCC12Cc1ccccc1C=N2. The van der Waals surface area contributed by atoms with Crippen molar-refractivity contribution >= 4 is 6.21 Å². The summed E-state index contributed by atoms with van der Waals surface area (Å²) in [4.78, 5) is 4.63. The molecular weight excluding hydrogens is 200 g/mol. The van der Waals surface area contributed by atoms with Crippen molar-refractivity contribution in [1.29, 1.82) is 0 Å². The number of aliphatic hydroxyl groups excluding tert-OH is 1. The van der Waals surface area contributed by atoms with Crippen LogP contribution in [0.4, 0.5) is 0 Å². The highest BCUT2D eigenvalue weighted by atomic mass is 16.3. The van der Waals surface area contributed by atoms with Gasteiger partial charge < -0.3 is 10.4 Å². The predicted molar refractivity (Wildman–Crippen MR) is 64.0 cm³/mol. The molecule has 2 N–H and O–H groups in total. The number of fused-ring (bicyclic) bond motifs is 1. The van der Waals surface area contributed by atoms with Gasteiger partial charge in [0.25, 0.3) is 0 Å². The molecule has 2 aliphatic rings. The molecule has 1 aromatic carbocycles. The number of hydrogen-bond donors (Lipinski definition) is 2. The Labute approximate surface area is 95.2 Å². The van der Waals surface area contributed by atoms with Crippen LogP contribution < -0.4 is 5.32 Å². The van der Waals surface area contributed by atoms with Crippen LogP contribution in [0.3, 0.4) is 0 Å². The van der Waals surface area contributed by atoms with Crippen molar-refractivity contribution in [2.45, 2.75) is 24.5 Å². The number of rotatable bonds is 0. The van der Waals surface area contributed by atoms with E-state index in [0.29, 0.717) is 6.54 Å². The summed E-state index contributed by atoms with van der Waals surface area (Å²) in [6.07, 6.45) is 3.33. The molecule has 2 heterocycles. The molecule has 0 aromatic heterocycles. The second-order valence-electron chi connectivity index (χ2n) is 4.71. The van der Waals surface area contributed by atoms with E-state index in [2.05, 4.69) is 28.5 Å². The van der Waals surface area contributed by atoms with Crippen LogP contribution in [0.15, 0.2) is 29.3 Å². The molecule has 2 aliphatic heterocycles. The molecule has 0 aliphatic carbocycles. The van der Waals surface area contributed by atoms with Gasteiger partial charge in [-0.2, -0.15) is 0 Å². The predicted octanol–water partition coefficient (Wildman–Crippen LogP) is 0.755. The van der Waals surface area contributed by atoms with E-state index in [1.54, 1.807) is 0 Å². The van der Waals surface area contributed by atoms with E-state index in [9.17, 15) is 5.11 Å². The zero-order valence-electron chi connectivity index (χ0n) is 9.19. The Morgan fingerprint density at radius 3 is 3.12 bits per heavy atom. The molecule has 1 fully saturated rings. The largest absolute Gasteiger partial charge is 0.389 e. The van der Waals surface area contributed by atoms with Crippen molar-refractivity contribution in [3.05, 3.63) is 35.4 Å². The maximum Gasteiger partial charge on any atom is 0.0930 e. The third-order valence-corrected chi connectivity index (χ3v) is 3.71. The number of β-amino-alcohol motifs (C(OH)–C–C–N with tert-alkyl or cyclic N) is 1. The number of nitrogens with zero attached hydrogens (tertiary/aromatic N) is 1.